The van der Waals surface area contributed by atoms with E-state index in [0.717, 1.165) is 22.3 Å². The maximum absolute atomic E-state index is 12.0. The number of aromatic amines is 1. The van der Waals surface area contributed by atoms with Crippen LogP contribution in [-0.4, -0.2) is 39.1 Å². The van der Waals surface area contributed by atoms with Crippen molar-refractivity contribution in [2.24, 2.45) is 0 Å². The van der Waals surface area contributed by atoms with E-state index in [9.17, 15) is 19.7 Å². The summed E-state index contributed by atoms with van der Waals surface area (Å²) in [5, 5.41) is 23.0. The summed E-state index contributed by atoms with van der Waals surface area (Å²) < 4.78 is 4.94. The molecule has 0 fully saturated rings. The fraction of sp³-hybridized carbons (Fsp3) is 0.200. The van der Waals surface area contributed by atoms with E-state index < -0.39 is 23.4 Å². The second-order valence-corrected chi connectivity index (χ2v) is 7.40. The molecular weight excluding hydrogens is 422 g/mol. The van der Waals surface area contributed by atoms with E-state index in [1.54, 1.807) is 6.07 Å². The van der Waals surface area contributed by atoms with Gasteiger partial charge in [0, 0.05) is 24.3 Å². The third-order valence-electron chi connectivity index (χ3n) is 4.10. The number of para-hydroxylation sites is 2. The summed E-state index contributed by atoms with van der Waals surface area (Å²) in [5.41, 5.74) is 1.61. The Morgan fingerprint density at radius 2 is 2.10 bits per heavy atom. The number of H-pyrrole nitrogens is 1. The summed E-state index contributed by atoms with van der Waals surface area (Å²) in [6, 6.07) is 12.9. The SMILES string of the molecule is N#Cc1cc([N+](=O)[O-])ccc1NC(=O)COC(=O)CCCSc1nc2ccccc2[nH]1. The number of non-ortho nitro benzene ring substituents is 1. The number of nitro groups is 1. The first-order valence-corrected chi connectivity index (χ1v) is 10.2. The summed E-state index contributed by atoms with van der Waals surface area (Å²) in [4.78, 5) is 41.5. The number of esters is 1. The number of thioether (sulfide) groups is 1. The van der Waals surface area contributed by atoms with Crippen molar-refractivity contribution in [2.45, 2.75) is 18.0 Å². The van der Waals surface area contributed by atoms with Crippen LogP contribution in [-0.2, 0) is 14.3 Å². The molecule has 0 atom stereocenters. The van der Waals surface area contributed by atoms with Crippen molar-refractivity contribution in [3.05, 3.63) is 58.1 Å². The summed E-state index contributed by atoms with van der Waals surface area (Å²) in [6.45, 7) is -0.516. The lowest BCUT2D eigenvalue weighted by Crippen LogP contribution is -2.21. The monoisotopic (exact) mass is 439 g/mol. The largest absolute Gasteiger partial charge is 0.456 e. The molecular formula is C20H17N5O5S. The lowest BCUT2D eigenvalue weighted by molar-refractivity contribution is -0.384. The number of ether oxygens (including phenoxy) is 1. The molecule has 0 saturated heterocycles. The van der Waals surface area contributed by atoms with E-state index >= 15 is 0 Å². The van der Waals surface area contributed by atoms with E-state index in [-0.39, 0.29) is 23.4 Å². The first kappa shape index (κ1) is 21.8. The first-order chi connectivity index (χ1) is 15.0. The Morgan fingerprint density at radius 1 is 1.29 bits per heavy atom. The fourth-order valence-electron chi connectivity index (χ4n) is 2.63. The van der Waals surface area contributed by atoms with Crippen LogP contribution in [0.15, 0.2) is 47.6 Å². The number of carbonyl (C=O) groups excluding carboxylic acids is 2. The molecule has 0 saturated carbocycles. The zero-order chi connectivity index (χ0) is 22.2. The molecule has 3 rings (SSSR count). The zero-order valence-corrected chi connectivity index (χ0v) is 17.0. The van der Waals surface area contributed by atoms with Gasteiger partial charge < -0.3 is 15.0 Å². The van der Waals surface area contributed by atoms with Crippen LogP contribution in [0.4, 0.5) is 11.4 Å². The molecule has 1 heterocycles. The second kappa shape index (κ2) is 10.2. The molecule has 2 N–H and O–H groups in total. The highest BCUT2D eigenvalue weighted by atomic mass is 32.2. The van der Waals surface area contributed by atoms with Crippen molar-refractivity contribution in [3.8, 4) is 6.07 Å². The second-order valence-electron chi connectivity index (χ2n) is 6.32. The van der Waals surface area contributed by atoms with Crippen LogP contribution in [0.5, 0.6) is 0 Å². The minimum absolute atomic E-state index is 0.0588. The number of hydrogen-bond donors (Lipinski definition) is 2. The normalized spacial score (nSPS) is 10.4. The van der Waals surface area contributed by atoms with Gasteiger partial charge in [0.05, 0.1) is 27.2 Å². The van der Waals surface area contributed by atoms with Gasteiger partial charge in [-0.2, -0.15) is 5.26 Å². The number of nitriles is 1. The number of fused-ring (bicyclic) bond motifs is 1. The minimum Gasteiger partial charge on any atom is -0.456 e. The van der Waals surface area contributed by atoms with Crippen molar-refractivity contribution >= 4 is 46.0 Å². The standard InChI is InChI=1S/C20H17N5O5S/c21-11-13-10-14(25(28)29)7-8-15(13)22-18(26)12-30-19(27)6-3-9-31-20-23-16-4-1-2-5-17(16)24-20/h1-2,4-5,7-8,10H,3,6,9,12H2,(H,22,26)(H,23,24). The number of benzene rings is 2. The van der Waals surface area contributed by atoms with Gasteiger partial charge in [0.2, 0.25) is 0 Å². The van der Waals surface area contributed by atoms with Gasteiger partial charge in [-0.25, -0.2) is 4.98 Å². The van der Waals surface area contributed by atoms with Gasteiger partial charge in [-0.1, -0.05) is 23.9 Å². The highest BCUT2D eigenvalue weighted by Gasteiger charge is 2.14. The number of carbonyl (C=O) groups is 2. The van der Waals surface area contributed by atoms with Crippen molar-refractivity contribution in [1.29, 1.82) is 5.26 Å². The number of nitrogens with zero attached hydrogens (tertiary/aromatic N) is 3. The Bertz CT molecular complexity index is 1140. The van der Waals surface area contributed by atoms with Crippen molar-refractivity contribution in [3.63, 3.8) is 0 Å². The van der Waals surface area contributed by atoms with Crippen LogP contribution in [0.3, 0.4) is 0 Å². The van der Waals surface area contributed by atoms with Gasteiger partial charge in [-0.05, 0) is 24.6 Å². The predicted octanol–water partition coefficient (Wildman–Crippen LogP) is 3.40. The molecule has 2 aromatic carbocycles. The van der Waals surface area contributed by atoms with Crippen molar-refractivity contribution in [1.82, 2.24) is 9.97 Å². The Balaban J connectivity index is 1.39. The average Bonchev–Trinajstić information content (AvgIpc) is 3.18. The molecule has 0 radical (unpaired) electrons. The van der Waals surface area contributed by atoms with E-state index in [2.05, 4.69) is 15.3 Å². The third-order valence-corrected chi connectivity index (χ3v) is 5.06. The molecule has 11 heteroatoms. The summed E-state index contributed by atoms with van der Waals surface area (Å²) >= 11 is 1.49. The number of amides is 1. The maximum atomic E-state index is 12.0. The molecule has 158 valence electrons. The number of imidazole rings is 1. The topological polar surface area (TPSA) is 151 Å². The third kappa shape index (κ3) is 6.03. The molecule has 0 aliphatic carbocycles. The highest BCUT2D eigenvalue weighted by Crippen LogP contribution is 2.22. The highest BCUT2D eigenvalue weighted by molar-refractivity contribution is 7.99. The van der Waals surface area contributed by atoms with Gasteiger partial charge in [0.1, 0.15) is 6.07 Å². The first-order valence-electron chi connectivity index (χ1n) is 9.18. The number of anilines is 1. The van der Waals surface area contributed by atoms with E-state index in [0.29, 0.717) is 12.2 Å². The molecule has 1 aromatic heterocycles. The Hall–Kier alpha value is -3.91. The average molecular weight is 439 g/mol. The molecule has 3 aromatic rings. The van der Waals surface area contributed by atoms with Gasteiger partial charge >= 0.3 is 5.97 Å². The minimum atomic E-state index is -0.643. The van der Waals surface area contributed by atoms with E-state index in [1.807, 2.05) is 24.3 Å². The molecule has 10 nitrogen and oxygen atoms in total. The van der Waals surface area contributed by atoms with Gasteiger partial charge in [-0.3, -0.25) is 19.7 Å². The number of rotatable bonds is 9. The Labute approximate surface area is 180 Å². The molecule has 0 aliphatic rings. The number of hydrogen-bond acceptors (Lipinski definition) is 8. The fourth-order valence-corrected chi connectivity index (χ4v) is 3.46. The van der Waals surface area contributed by atoms with Crippen molar-refractivity contribution < 1.29 is 19.2 Å². The Morgan fingerprint density at radius 3 is 2.84 bits per heavy atom. The van der Waals surface area contributed by atoms with Crippen LogP contribution in [0.25, 0.3) is 11.0 Å². The molecule has 0 aliphatic heterocycles. The molecule has 1 amide bonds. The summed E-state index contributed by atoms with van der Waals surface area (Å²) in [7, 11) is 0. The van der Waals surface area contributed by atoms with Gasteiger partial charge in [0.15, 0.2) is 11.8 Å². The zero-order valence-electron chi connectivity index (χ0n) is 16.2. The molecule has 0 unspecified atom stereocenters. The Kier molecular flexibility index (Phi) is 7.18. The van der Waals surface area contributed by atoms with Crippen LogP contribution < -0.4 is 5.32 Å². The van der Waals surface area contributed by atoms with Crippen LogP contribution in [0.2, 0.25) is 0 Å². The molecule has 0 bridgehead atoms. The van der Waals surface area contributed by atoms with Crippen LogP contribution in [0, 0.1) is 21.4 Å². The van der Waals surface area contributed by atoms with Gasteiger partial charge in [0.25, 0.3) is 11.6 Å². The summed E-state index contributed by atoms with van der Waals surface area (Å²) in [5.74, 6) is -0.518. The van der Waals surface area contributed by atoms with Gasteiger partial charge in [-0.15, -0.1) is 0 Å². The molecule has 0 spiro atoms. The lowest BCUT2D eigenvalue weighted by Gasteiger charge is -2.08. The van der Waals surface area contributed by atoms with E-state index in [4.69, 9.17) is 10.00 Å². The van der Waals surface area contributed by atoms with E-state index in [1.165, 1.54) is 23.9 Å². The number of nitro benzene ring substituents is 1. The number of nitrogens with one attached hydrogen (secondary N) is 2. The smallest absolute Gasteiger partial charge is 0.306 e. The lowest BCUT2D eigenvalue weighted by atomic mass is 10.1. The van der Waals surface area contributed by atoms with Crippen molar-refractivity contribution in [2.75, 3.05) is 17.7 Å². The van der Waals surface area contributed by atoms with Crippen LogP contribution in [0.1, 0.15) is 18.4 Å². The predicted molar refractivity (Wildman–Crippen MR) is 113 cm³/mol. The quantitative estimate of drug-likeness (QED) is 0.169. The number of aromatic nitrogens is 2. The van der Waals surface area contributed by atoms with Crippen LogP contribution >= 0.6 is 11.8 Å². The maximum Gasteiger partial charge on any atom is 0.306 e. The molecule has 31 heavy (non-hydrogen) atoms. The summed E-state index contributed by atoms with van der Waals surface area (Å²) in [6.07, 6.45) is 0.685.